The predicted octanol–water partition coefficient (Wildman–Crippen LogP) is 5.33. The number of pyridine rings is 1. The van der Waals surface area contributed by atoms with Crippen LogP contribution in [0.25, 0.3) is 11.3 Å². The van der Waals surface area contributed by atoms with E-state index in [1.54, 1.807) is 42.5 Å². The van der Waals surface area contributed by atoms with E-state index >= 15 is 0 Å². The average Bonchev–Trinajstić information content (AvgIpc) is 3.62. The predicted molar refractivity (Wildman–Crippen MR) is 133 cm³/mol. The minimum absolute atomic E-state index is 0.0756. The Morgan fingerprint density at radius 2 is 1.89 bits per heavy atom. The largest absolute Gasteiger partial charge is 0.507 e. The molecular weight excluding hydrogens is 485 g/mol. The van der Waals surface area contributed by atoms with Crippen LogP contribution in [-0.4, -0.2) is 31.8 Å². The highest BCUT2D eigenvalue weighted by molar-refractivity contribution is 6.33. The number of nitrogens with zero attached hydrogens (tertiary/aromatic N) is 3. The second-order valence-electron chi connectivity index (χ2n) is 8.45. The highest BCUT2D eigenvalue weighted by Crippen LogP contribution is 2.42. The molecule has 10 heteroatoms. The molecule has 0 saturated heterocycles. The molecule has 4 aromatic rings. The number of phenolic OH excluding ortho intramolecular Hbond substituents is 1. The van der Waals surface area contributed by atoms with Crippen molar-refractivity contribution in [3.8, 4) is 17.0 Å². The topological polar surface area (TPSA) is 109 Å². The lowest BCUT2D eigenvalue weighted by molar-refractivity contribution is 0.102. The van der Waals surface area contributed by atoms with E-state index in [9.17, 15) is 19.1 Å². The average molecular weight is 506 g/mol. The van der Waals surface area contributed by atoms with Gasteiger partial charge in [0, 0.05) is 36.0 Å². The number of carbonyl (C=O) groups excluding carboxylic acids is 2. The Morgan fingerprint density at radius 3 is 2.58 bits per heavy atom. The molecule has 0 radical (unpaired) electrons. The lowest BCUT2D eigenvalue weighted by Gasteiger charge is -2.09. The van der Waals surface area contributed by atoms with E-state index in [1.807, 2.05) is 0 Å². The molecule has 1 aliphatic rings. The Hall–Kier alpha value is -4.24. The molecule has 0 spiro atoms. The quantitative estimate of drug-likeness (QED) is 0.307. The van der Waals surface area contributed by atoms with Crippen LogP contribution in [0.5, 0.6) is 5.75 Å². The van der Waals surface area contributed by atoms with Crippen LogP contribution in [0.4, 0.5) is 14.9 Å². The van der Waals surface area contributed by atoms with Crippen molar-refractivity contribution in [3.05, 3.63) is 94.7 Å². The Bertz CT molecular complexity index is 1450. The van der Waals surface area contributed by atoms with Gasteiger partial charge < -0.3 is 15.7 Å². The maximum absolute atomic E-state index is 13.1. The van der Waals surface area contributed by atoms with Crippen molar-refractivity contribution in [2.45, 2.75) is 25.3 Å². The van der Waals surface area contributed by atoms with E-state index in [-0.39, 0.29) is 34.7 Å². The molecule has 36 heavy (non-hydrogen) atoms. The Kier molecular flexibility index (Phi) is 6.39. The first-order valence-corrected chi connectivity index (χ1v) is 11.6. The number of carbonyl (C=O) groups is 2. The third-order valence-electron chi connectivity index (χ3n) is 5.82. The number of hydrogen-bond acceptors (Lipinski definition) is 5. The highest BCUT2D eigenvalue weighted by atomic mass is 35.5. The molecule has 1 fully saturated rings. The van der Waals surface area contributed by atoms with Gasteiger partial charge >= 0.3 is 6.03 Å². The lowest BCUT2D eigenvalue weighted by Crippen LogP contribution is -2.30. The monoisotopic (exact) mass is 505 g/mol. The summed E-state index contributed by atoms with van der Waals surface area (Å²) in [5.74, 6) is -0.695. The van der Waals surface area contributed by atoms with Crippen LogP contribution >= 0.6 is 11.6 Å². The van der Waals surface area contributed by atoms with E-state index in [4.69, 9.17) is 11.6 Å². The lowest BCUT2D eigenvalue weighted by atomic mass is 10.1. The number of phenols is 1. The van der Waals surface area contributed by atoms with Gasteiger partial charge in [-0.05, 0) is 60.9 Å². The maximum Gasteiger partial charge on any atom is 0.342 e. The number of benzene rings is 2. The normalized spacial score (nSPS) is 12.8. The Labute approximate surface area is 210 Å². The fourth-order valence-corrected chi connectivity index (χ4v) is 4.00. The minimum atomic E-state index is -0.460. The van der Waals surface area contributed by atoms with Crippen molar-refractivity contribution in [3.63, 3.8) is 0 Å². The molecule has 0 unspecified atom stereocenters. The van der Waals surface area contributed by atoms with E-state index < -0.39 is 11.9 Å². The summed E-state index contributed by atoms with van der Waals surface area (Å²) in [6, 6.07) is 15.1. The van der Waals surface area contributed by atoms with Crippen molar-refractivity contribution in [2.75, 3.05) is 5.32 Å². The zero-order valence-electron chi connectivity index (χ0n) is 18.9. The van der Waals surface area contributed by atoms with Gasteiger partial charge in [-0.2, -0.15) is 9.78 Å². The van der Waals surface area contributed by atoms with Gasteiger partial charge in [-0.15, -0.1) is 0 Å². The molecular formula is C26H21ClFN5O3. The molecule has 2 heterocycles. The van der Waals surface area contributed by atoms with Gasteiger partial charge in [-0.25, -0.2) is 14.2 Å². The number of amides is 2. The standard InChI is InChI=1S/C26H21ClFN5O3/c27-24-20(2-1-11-29-24)25(35)31-18-9-10-19(23(34)12-18)21-13-22(16-5-6-16)33(32-21)26(36)30-14-15-3-7-17(28)8-4-15/h1-4,7-13,16,34H,5-6,14H2,(H,30,36)(H,31,35). The Balaban J connectivity index is 1.34. The molecule has 1 saturated carbocycles. The Morgan fingerprint density at radius 1 is 1.11 bits per heavy atom. The number of halogens is 2. The number of anilines is 1. The molecule has 0 bridgehead atoms. The zero-order valence-corrected chi connectivity index (χ0v) is 19.7. The van der Waals surface area contributed by atoms with Crippen LogP contribution in [0.1, 0.15) is 40.4 Å². The SMILES string of the molecule is O=C(Nc1ccc(-c2cc(C3CC3)n(C(=O)NCc3ccc(F)cc3)n2)c(O)c1)c1cccnc1Cl. The summed E-state index contributed by atoms with van der Waals surface area (Å²) in [7, 11) is 0. The molecule has 0 aliphatic heterocycles. The second kappa shape index (κ2) is 9.79. The number of aromatic nitrogens is 3. The summed E-state index contributed by atoms with van der Waals surface area (Å²) >= 11 is 5.98. The van der Waals surface area contributed by atoms with Crippen molar-refractivity contribution >= 4 is 29.2 Å². The van der Waals surface area contributed by atoms with Gasteiger partial charge in [-0.1, -0.05) is 23.7 Å². The first-order chi connectivity index (χ1) is 17.4. The smallest absolute Gasteiger partial charge is 0.342 e. The van der Waals surface area contributed by atoms with Gasteiger partial charge in [-0.3, -0.25) is 4.79 Å². The van der Waals surface area contributed by atoms with Crippen LogP contribution in [-0.2, 0) is 6.54 Å². The van der Waals surface area contributed by atoms with Gasteiger partial charge in [0.1, 0.15) is 16.7 Å². The molecule has 8 nitrogen and oxygen atoms in total. The molecule has 0 atom stereocenters. The van der Waals surface area contributed by atoms with Gasteiger partial charge in [0.25, 0.3) is 5.91 Å². The van der Waals surface area contributed by atoms with Crippen LogP contribution < -0.4 is 10.6 Å². The van der Waals surface area contributed by atoms with Crippen molar-refractivity contribution < 1.29 is 19.1 Å². The van der Waals surface area contributed by atoms with Crippen molar-refractivity contribution in [1.29, 1.82) is 0 Å². The summed E-state index contributed by atoms with van der Waals surface area (Å²) < 4.78 is 14.4. The first-order valence-electron chi connectivity index (χ1n) is 11.3. The minimum Gasteiger partial charge on any atom is -0.507 e. The molecule has 182 valence electrons. The van der Waals surface area contributed by atoms with Crippen LogP contribution in [0.2, 0.25) is 5.15 Å². The third kappa shape index (κ3) is 5.06. The van der Waals surface area contributed by atoms with Crippen molar-refractivity contribution in [1.82, 2.24) is 20.1 Å². The highest BCUT2D eigenvalue weighted by Gasteiger charge is 2.30. The summed E-state index contributed by atoms with van der Waals surface area (Å²) in [6.45, 7) is 0.221. The number of nitrogens with one attached hydrogen (secondary N) is 2. The summed E-state index contributed by atoms with van der Waals surface area (Å²) in [4.78, 5) is 29.3. The molecule has 2 aromatic heterocycles. The molecule has 5 rings (SSSR count). The molecule has 1 aliphatic carbocycles. The van der Waals surface area contributed by atoms with Gasteiger partial charge in [0.15, 0.2) is 0 Å². The summed E-state index contributed by atoms with van der Waals surface area (Å²) in [5, 5.41) is 20.7. The van der Waals surface area contributed by atoms with E-state index in [0.717, 1.165) is 24.1 Å². The fraction of sp³-hybridized carbons (Fsp3) is 0.154. The van der Waals surface area contributed by atoms with E-state index in [1.165, 1.54) is 29.1 Å². The summed E-state index contributed by atoms with van der Waals surface area (Å²) in [6.07, 6.45) is 3.38. The third-order valence-corrected chi connectivity index (χ3v) is 6.12. The van der Waals surface area contributed by atoms with Crippen LogP contribution in [0.15, 0.2) is 66.9 Å². The molecule has 2 amide bonds. The first kappa shape index (κ1) is 23.5. The second-order valence-corrected chi connectivity index (χ2v) is 8.81. The number of aromatic hydroxyl groups is 1. The van der Waals surface area contributed by atoms with Crippen LogP contribution in [0.3, 0.4) is 0 Å². The molecule has 2 aromatic carbocycles. The van der Waals surface area contributed by atoms with Gasteiger partial charge in [0.05, 0.1) is 17.0 Å². The fourth-order valence-electron chi connectivity index (χ4n) is 3.79. The van der Waals surface area contributed by atoms with Crippen LogP contribution in [0, 0.1) is 5.82 Å². The zero-order chi connectivity index (χ0) is 25.2. The number of hydrogen-bond donors (Lipinski definition) is 3. The number of rotatable bonds is 6. The van der Waals surface area contributed by atoms with E-state index in [0.29, 0.717) is 16.9 Å². The maximum atomic E-state index is 13.1. The van der Waals surface area contributed by atoms with E-state index in [2.05, 4.69) is 20.7 Å². The molecule has 3 N–H and O–H groups in total. The van der Waals surface area contributed by atoms with Gasteiger partial charge in [0.2, 0.25) is 0 Å². The summed E-state index contributed by atoms with van der Waals surface area (Å²) in [5.41, 5.74) is 2.93. The van der Waals surface area contributed by atoms with Crippen molar-refractivity contribution in [2.24, 2.45) is 0 Å².